The van der Waals surface area contributed by atoms with Gasteiger partial charge in [-0.1, -0.05) is 56.1 Å². The molecule has 1 amide bonds. The van der Waals surface area contributed by atoms with Gasteiger partial charge in [-0.2, -0.15) is 0 Å². The molecule has 1 aromatic heterocycles. The fourth-order valence-electron chi connectivity index (χ4n) is 4.73. The zero-order valence-electron chi connectivity index (χ0n) is 19.1. The lowest BCUT2D eigenvalue weighted by molar-refractivity contribution is -0.174. The number of hydrogen-bond donors (Lipinski definition) is 1. The average Bonchev–Trinajstić information content (AvgIpc) is 3.17. The fraction of sp³-hybridized carbons (Fsp3) is 0.423. The molecule has 2 aromatic carbocycles. The number of hydrogen-bond acceptors (Lipinski definition) is 4. The quantitative estimate of drug-likeness (QED) is 0.453. The summed E-state index contributed by atoms with van der Waals surface area (Å²) < 4.78 is 7.93. The number of halogens is 1. The van der Waals surface area contributed by atoms with E-state index in [4.69, 9.17) is 27.1 Å². The van der Waals surface area contributed by atoms with Crippen LogP contribution in [-0.4, -0.2) is 27.0 Å². The Hall–Kier alpha value is -2.86. The molecule has 6 nitrogen and oxygen atoms in total. The second kappa shape index (κ2) is 9.56. The van der Waals surface area contributed by atoms with Crippen LogP contribution >= 0.6 is 11.6 Å². The molecule has 0 aliphatic heterocycles. The molecule has 174 valence electrons. The van der Waals surface area contributed by atoms with Crippen LogP contribution in [0.1, 0.15) is 58.4 Å². The van der Waals surface area contributed by atoms with Gasteiger partial charge in [0.15, 0.2) is 5.60 Å². The Morgan fingerprint density at radius 1 is 1.12 bits per heavy atom. The van der Waals surface area contributed by atoms with Crippen LogP contribution < -0.4 is 5.73 Å². The minimum atomic E-state index is -1.24. The van der Waals surface area contributed by atoms with Gasteiger partial charge in [0, 0.05) is 10.6 Å². The summed E-state index contributed by atoms with van der Waals surface area (Å²) in [4.78, 5) is 31.0. The smallest absolute Gasteiger partial charge is 0.330 e. The van der Waals surface area contributed by atoms with Gasteiger partial charge >= 0.3 is 5.97 Å². The minimum absolute atomic E-state index is 0.201. The molecule has 0 saturated heterocycles. The number of rotatable bonds is 7. The van der Waals surface area contributed by atoms with Crippen molar-refractivity contribution in [1.82, 2.24) is 9.55 Å². The third kappa shape index (κ3) is 4.76. The van der Waals surface area contributed by atoms with E-state index in [2.05, 4.69) is 13.8 Å². The van der Waals surface area contributed by atoms with Crippen molar-refractivity contribution in [2.24, 2.45) is 11.7 Å². The maximum Gasteiger partial charge on any atom is 0.330 e. The van der Waals surface area contributed by atoms with Crippen molar-refractivity contribution in [3.8, 4) is 11.4 Å². The predicted octanol–water partition coefficient (Wildman–Crippen LogP) is 5.68. The van der Waals surface area contributed by atoms with E-state index in [1.165, 1.54) is 0 Å². The Morgan fingerprint density at radius 2 is 1.85 bits per heavy atom. The number of esters is 1. The van der Waals surface area contributed by atoms with Crippen molar-refractivity contribution >= 4 is 34.5 Å². The van der Waals surface area contributed by atoms with Gasteiger partial charge in [0.2, 0.25) is 0 Å². The minimum Gasteiger partial charge on any atom is -0.447 e. The second-order valence-electron chi connectivity index (χ2n) is 9.29. The summed E-state index contributed by atoms with van der Waals surface area (Å²) in [6.45, 7) is 4.12. The topological polar surface area (TPSA) is 87.2 Å². The van der Waals surface area contributed by atoms with Gasteiger partial charge in [-0.3, -0.25) is 4.79 Å². The van der Waals surface area contributed by atoms with E-state index in [1.54, 1.807) is 6.07 Å². The zero-order chi connectivity index (χ0) is 23.6. The van der Waals surface area contributed by atoms with Crippen molar-refractivity contribution in [1.29, 1.82) is 0 Å². The molecule has 4 rings (SSSR count). The molecule has 1 fully saturated rings. The molecule has 2 N–H and O–H groups in total. The molecule has 7 heteroatoms. The number of primary amides is 1. The molecule has 0 radical (unpaired) electrons. The molecule has 1 unspecified atom stereocenters. The zero-order valence-corrected chi connectivity index (χ0v) is 19.8. The Morgan fingerprint density at radius 3 is 2.52 bits per heavy atom. The number of amides is 1. The van der Waals surface area contributed by atoms with Gasteiger partial charge in [-0.25, -0.2) is 9.78 Å². The number of para-hydroxylation sites is 2. The summed E-state index contributed by atoms with van der Waals surface area (Å²) in [7, 11) is 0. The number of nitrogens with two attached hydrogens (primary N) is 1. The molecule has 3 aromatic rings. The molecule has 0 bridgehead atoms. The lowest BCUT2D eigenvalue weighted by Crippen LogP contribution is -2.50. The maximum absolute atomic E-state index is 13.7. The van der Waals surface area contributed by atoms with Crippen LogP contribution in [0.3, 0.4) is 0 Å². The Balaban J connectivity index is 1.83. The highest BCUT2D eigenvalue weighted by Crippen LogP contribution is 2.37. The monoisotopic (exact) mass is 467 g/mol. The highest BCUT2D eigenvalue weighted by molar-refractivity contribution is 6.30. The summed E-state index contributed by atoms with van der Waals surface area (Å²) in [6, 6.07) is 14.5. The lowest BCUT2D eigenvalue weighted by Gasteiger charge is -2.35. The largest absolute Gasteiger partial charge is 0.447 e. The Bertz CT molecular complexity index is 1160. The molecule has 1 heterocycles. The first-order valence-electron chi connectivity index (χ1n) is 11.6. The maximum atomic E-state index is 13.7. The molecule has 1 aliphatic rings. The van der Waals surface area contributed by atoms with Gasteiger partial charge in [0.1, 0.15) is 11.9 Å². The van der Waals surface area contributed by atoms with Crippen LogP contribution in [0.15, 0.2) is 48.5 Å². The third-order valence-electron chi connectivity index (χ3n) is 6.36. The van der Waals surface area contributed by atoms with Crippen LogP contribution in [-0.2, 0) is 14.3 Å². The van der Waals surface area contributed by atoms with Crippen LogP contribution in [0, 0.1) is 5.92 Å². The Kier molecular flexibility index (Phi) is 6.75. The first-order valence-corrected chi connectivity index (χ1v) is 11.9. The van der Waals surface area contributed by atoms with Gasteiger partial charge in [-0.05, 0) is 62.3 Å². The summed E-state index contributed by atoms with van der Waals surface area (Å²) in [6.07, 6.45) is 4.09. The summed E-state index contributed by atoms with van der Waals surface area (Å²) in [5.41, 5.74) is 6.92. The number of benzene rings is 2. The van der Waals surface area contributed by atoms with Crippen molar-refractivity contribution in [3.63, 3.8) is 0 Å². The highest BCUT2D eigenvalue weighted by atomic mass is 35.5. The number of aromatic nitrogens is 2. The van der Waals surface area contributed by atoms with E-state index in [-0.39, 0.29) is 5.92 Å². The molecule has 0 spiro atoms. The van der Waals surface area contributed by atoms with Crippen molar-refractivity contribution < 1.29 is 14.3 Å². The predicted molar refractivity (Wildman–Crippen MR) is 130 cm³/mol. The van der Waals surface area contributed by atoms with E-state index >= 15 is 0 Å². The number of carbonyl (C=O) groups excluding carboxylic acids is 2. The van der Waals surface area contributed by atoms with E-state index in [0.717, 1.165) is 35.9 Å². The molecule has 33 heavy (non-hydrogen) atoms. The normalized spacial score (nSPS) is 16.6. The van der Waals surface area contributed by atoms with E-state index in [9.17, 15) is 9.59 Å². The lowest BCUT2D eigenvalue weighted by atomic mass is 9.84. The number of imidazole rings is 1. The van der Waals surface area contributed by atoms with Crippen molar-refractivity contribution in [3.05, 3.63) is 53.6 Å². The van der Waals surface area contributed by atoms with Crippen molar-refractivity contribution in [2.45, 2.75) is 64.0 Å². The van der Waals surface area contributed by atoms with Gasteiger partial charge in [-0.15, -0.1) is 0 Å². The number of ether oxygens (including phenoxy) is 1. The first-order chi connectivity index (χ1) is 15.8. The van der Waals surface area contributed by atoms with Crippen LogP contribution in [0.5, 0.6) is 0 Å². The van der Waals surface area contributed by atoms with Crippen LogP contribution in [0.25, 0.3) is 22.4 Å². The van der Waals surface area contributed by atoms with E-state index in [1.807, 2.05) is 47.0 Å². The van der Waals surface area contributed by atoms with E-state index in [0.29, 0.717) is 30.1 Å². The SMILES string of the molecule is CC(C)CC(C(=O)OC1(C(N)=O)CCCCC1)n1c(-c2cccc(Cl)c2)nc2ccccc21. The first kappa shape index (κ1) is 23.3. The molecule has 1 aliphatic carbocycles. The molecule has 1 saturated carbocycles. The highest BCUT2D eigenvalue weighted by Gasteiger charge is 2.43. The second-order valence-corrected chi connectivity index (χ2v) is 9.73. The summed E-state index contributed by atoms with van der Waals surface area (Å²) >= 11 is 6.27. The third-order valence-corrected chi connectivity index (χ3v) is 6.60. The standard InChI is InChI=1S/C26H30ClN3O3/c1-17(2)15-22(24(31)33-26(25(28)32)13-6-3-7-14-26)30-21-12-5-4-11-20(21)29-23(30)18-9-8-10-19(27)16-18/h4-5,8-12,16-17,22H,3,6-7,13-15H2,1-2H3,(H2,28,32). The number of nitrogens with zero attached hydrogens (tertiary/aromatic N) is 2. The van der Waals surface area contributed by atoms with Crippen LogP contribution in [0.2, 0.25) is 5.02 Å². The van der Waals surface area contributed by atoms with Crippen LogP contribution in [0.4, 0.5) is 0 Å². The number of fused-ring (bicyclic) bond motifs is 1. The molecular formula is C26H30ClN3O3. The van der Waals surface area contributed by atoms with E-state index < -0.39 is 23.5 Å². The average molecular weight is 468 g/mol. The number of carbonyl (C=O) groups is 2. The molecule has 1 atom stereocenters. The summed E-state index contributed by atoms with van der Waals surface area (Å²) in [5.74, 6) is -0.176. The Labute approximate surface area is 199 Å². The van der Waals surface area contributed by atoms with Gasteiger partial charge in [0.25, 0.3) is 5.91 Å². The van der Waals surface area contributed by atoms with Gasteiger partial charge < -0.3 is 15.0 Å². The fourth-order valence-corrected chi connectivity index (χ4v) is 4.92. The van der Waals surface area contributed by atoms with Gasteiger partial charge in [0.05, 0.1) is 11.0 Å². The summed E-state index contributed by atoms with van der Waals surface area (Å²) in [5, 5.41) is 0.587. The molecular weight excluding hydrogens is 438 g/mol. The van der Waals surface area contributed by atoms with Crippen molar-refractivity contribution in [2.75, 3.05) is 0 Å².